The number of nitrogens with zero attached hydrogens (tertiary/aromatic N) is 1. The summed E-state index contributed by atoms with van der Waals surface area (Å²) in [7, 11) is 2.16. The first kappa shape index (κ1) is 12.0. The number of nitrogens with two attached hydrogens (primary N) is 1. The predicted molar refractivity (Wildman–Crippen MR) is 59.1 cm³/mol. The second-order valence-electron chi connectivity index (χ2n) is 4.64. The number of aliphatic hydroxyl groups is 1. The summed E-state index contributed by atoms with van der Waals surface area (Å²) in [6, 6.07) is -0.0407. The van der Waals surface area contributed by atoms with Crippen LogP contribution in [0.2, 0.25) is 0 Å². The van der Waals surface area contributed by atoms with Gasteiger partial charge in [-0.15, -0.1) is 0 Å². The Morgan fingerprint density at radius 2 is 2.07 bits per heavy atom. The molecule has 3 heteroatoms. The van der Waals surface area contributed by atoms with Gasteiger partial charge in [0.2, 0.25) is 0 Å². The Labute approximate surface area is 87.3 Å². The predicted octanol–water partition coefficient (Wildman–Crippen LogP) is 0.818. The van der Waals surface area contributed by atoms with Crippen LogP contribution in [0.3, 0.4) is 0 Å². The molecule has 0 saturated heterocycles. The van der Waals surface area contributed by atoms with Gasteiger partial charge in [0.1, 0.15) is 0 Å². The van der Waals surface area contributed by atoms with Crippen LogP contribution in [0.15, 0.2) is 0 Å². The van der Waals surface area contributed by atoms with Crippen LogP contribution in [0.1, 0.15) is 32.1 Å². The average molecular weight is 200 g/mol. The molecule has 0 aromatic carbocycles. The van der Waals surface area contributed by atoms with E-state index < -0.39 is 0 Å². The quantitative estimate of drug-likeness (QED) is 0.667. The van der Waals surface area contributed by atoms with Crippen LogP contribution < -0.4 is 5.73 Å². The molecule has 0 bridgehead atoms. The maximum atomic E-state index is 8.79. The highest BCUT2D eigenvalue weighted by molar-refractivity contribution is 4.71. The maximum absolute atomic E-state index is 8.79. The largest absolute Gasteiger partial charge is 0.395 e. The van der Waals surface area contributed by atoms with Crippen LogP contribution in [0.4, 0.5) is 0 Å². The topological polar surface area (TPSA) is 49.5 Å². The van der Waals surface area contributed by atoms with Crippen molar-refractivity contribution in [3.63, 3.8) is 0 Å². The van der Waals surface area contributed by atoms with E-state index in [1.54, 1.807) is 0 Å². The molecule has 1 saturated carbocycles. The first-order valence-corrected chi connectivity index (χ1v) is 5.77. The minimum absolute atomic E-state index is 0.0407. The van der Waals surface area contributed by atoms with E-state index in [0.717, 1.165) is 18.9 Å². The van der Waals surface area contributed by atoms with Crippen molar-refractivity contribution in [2.45, 2.75) is 38.1 Å². The Morgan fingerprint density at radius 1 is 1.43 bits per heavy atom. The lowest BCUT2D eigenvalue weighted by Gasteiger charge is -2.21. The van der Waals surface area contributed by atoms with E-state index in [1.807, 2.05) is 0 Å². The molecule has 1 fully saturated rings. The van der Waals surface area contributed by atoms with Crippen LogP contribution in [0.25, 0.3) is 0 Å². The molecule has 0 aliphatic heterocycles. The van der Waals surface area contributed by atoms with Gasteiger partial charge >= 0.3 is 0 Å². The summed E-state index contributed by atoms with van der Waals surface area (Å²) in [6.45, 7) is 2.33. The molecule has 0 heterocycles. The van der Waals surface area contributed by atoms with Gasteiger partial charge < -0.3 is 15.7 Å². The van der Waals surface area contributed by atoms with Crippen LogP contribution in [0.5, 0.6) is 0 Å². The normalized spacial score (nSPS) is 20.6. The van der Waals surface area contributed by atoms with Gasteiger partial charge in [-0.3, -0.25) is 0 Å². The van der Waals surface area contributed by atoms with E-state index in [0.29, 0.717) is 0 Å². The smallest absolute Gasteiger partial charge is 0.0583 e. The molecule has 1 atom stereocenters. The van der Waals surface area contributed by atoms with Crippen molar-refractivity contribution in [2.24, 2.45) is 11.7 Å². The molecule has 1 unspecified atom stereocenters. The van der Waals surface area contributed by atoms with E-state index >= 15 is 0 Å². The molecule has 0 spiro atoms. The number of aliphatic hydroxyl groups excluding tert-OH is 1. The fraction of sp³-hybridized carbons (Fsp3) is 1.00. The van der Waals surface area contributed by atoms with Crippen molar-refractivity contribution in [3.8, 4) is 0 Å². The third-order valence-electron chi connectivity index (χ3n) is 3.16. The van der Waals surface area contributed by atoms with Crippen molar-refractivity contribution < 1.29 is 5.11 Å². The molecular formula is C11H24N2O. The van der Waals surface area contributed by atoms with Gasteiger partial charge in [-0.05, 0) is 38.8 Å². The van der Waals surface area contributed by atoms with Gasteiger partial charge in [0.25, 0.3) is 0 Å². The second kappa shape index (κ2) is 6.38. The van der Waals surface area contributed by atoms with Gasteiger partial charge in [0.15, 0.2) is 0 Å². The highest BCUT2D eigenvalue weighted by atomic mass is 16.3. The SMILES string of the molecule is CN(CCC(N)CO)CC1CCCC1. The standard InChI is InChI=1S/C11H24N2O/c1-13(7-6-11(12)9-14)8-10-4-2-3-5-10/h10-11,14H,2-9,12H2,1H3. The summed E-state index contributed by atoms with van der Waals surface area (Å²) in [6.07, 6.45) is 6.52. The van der Waals surface area contributed by atoms with Gasteiger partial charge in [-0.2, -0.15) is 0 Å². The molecule has 0 radical (unpaired) electrons. The Hall–Kier alpha value is -0.120. The number of hydrogen-bond acceptors (Lipinski definition) is 3. The molecule has 0 aromatic rings. The molecule has 1 aliphatic rings. The molecule has 3 N–H and O–H groups in total. The second-order valence-corrected chi connectivity index (χ2v) is 4.64. The maximum Gasteiger partial charge on any atom is 0.0583 e. The Morgan fingerprint density at radius 3 is 2.64 bits per heavy atom. The third-order valence-corrected chi connectivity index (χ3v) is 3.16. The lowest BCUT2D eigenvalue weighted by molar-refractivity contribution is 0.228. The molecule has 3 nitrogen and oxygen atoms in total. The molecule has 84 valence electrons. The number of hydrogen-bond donors (Lipinski definition) is 2. The number of rotatable bonds is 6. The van der Waals surface area contributed by atoms with E-state index in [4.69, 9.17) is 10.8 Å². The van der Waals surface area contributed by atoms with Crippen molar-refractivity contribution >= 4 is 0 Å². The lowest BCUT2D eigenvalue weighted by atomic mass is 10.1. The van der Waals surface area contributed by atoms with Gasteiger partial charge in [0, 0.05) is 12.6 Å². The lowest BCUT2D eigenvalue weighted by Crippen LogP contribution is -2.32. The van der Waals surface area contributed by atoms with Crippen LogP contribution in [-0.2, 0) is 0 Å². The van der Waals surface area contributed by atoms with Gasteiger partial charge in [-0.25, -0.2) is 0 Å². The molecule has 0 aromatic heterocycles. The van der Waals surface area contributed by atoms with Crippen molar-refractivity contribution in [3.05, 3.63) is 0 Å². The first-order chi connectivity index (χ1) is 6.72. The third kappa shape index (κ3) is 4.40. The molecule has 1 rings (SSSR count). The van der Waals surface area contributed by atoms with E-state index in [9.17, 15) is 0 Å². The van der Waals surface area contributed by atoms with Gasteiger partial charge in [0.05, 0.1) is 6.61 Å². The van der Waals surface area contributed by atoms with E-state index in [-0.39, 0.29) is 12.6 Å². The van der Waals surface area contributed by atoms with Crippen LogP contribution >= 0.6 is 0 Å². The van der Waals surface area contributed by atoms with E-state index in [1.165, 1.54) is 32.2 Å². The van der Waals surface area contributed by atoms with Crippen molar-refractivity contribution in [1.82, 2.24) is 4.90 Å². The fourth-order valence-electron chi connectivity index (χ4n) is 2.20. The minimum Gasteiger partial charge on any atom is -0.395 e. The summed E-state index contributed by atoms with van der Waals surface area (Å²) < 4.78 is 0. The average Bonchev–Trinajstić information content (AvgIpc) is 2.66. The summed E-state index contributed by atoms with van der Waals surface area (Å²) >= 11 is 0. The molecular weight excluding hydrogens is 176 g/mol. The Balaban J connectivity index is 2.05. The highest BCUT2D eigenvalue weighted by Gasteiger charge is 2.16. The summed E-state index contributed by atoms with van der Waals surface area (Å²) in [5.74, 6) is 0.908. The monoisotopic (exact) mass is 200 g/mol. The molecule has 1 aliphatic carbocycles. The zero-order valence-corrected chi connectivity index (χ0v) is 9.28. The summed E-state index contributed by atoms with van der Waals surface area (Å²) in [5.41, 5.74) is 5.65. The summed E-state index contributed by atoms with van der Waals surface area (Å²) in [5, 5.41) is 8.79. The minimum atomic E-state index is -0.0407. The van der Waals surface area contributed by atoms with Crippen molar-refractivity contribution in [1.29, 1.82) is 0 Å². The molecule has 0 amide bonds. The zero-order valence-electron chi connectivity index (χ0n) is 9.28. The first-order valence-electron chi connectivity index (χ1n) is 5.77. The highest BCUT2D eigenvalue weighted by Crippen LogP contribution is 2.25. The molecule has 14 heavy (non-hydrogen) atoms. The fourth-order valence-corrected chi connectivity index (χ4v) is 2.20. The van der Waals surface area contributed by atoms with Crippen molar-refractivity contribution in [2.75, 3.05) is 26.7 Å². The van der Waals surface area contributed by atoms with Crippen LogP contribution in [-0.4, -0.2) is 42.8 Å². The van der Waals surface area contributed by atoms with E-state index in [2.05, 4.69) is 11.9 Å². The summed E-state index contributed by atoms with van der Waals surface area (Å²) in [4.78, 5) is 2.35. The van der Waals surface area contributed by atoms with Crippen LogP contribution in [0, 0.1) is 5.92 Å². The Kier molecular flexibility index (Phi) is 5.45. The zero-order chi connectivity index (χ0) is 10.4. The Bertz CT molecular complexity index is 146. The van der Waals surface area contributed by atoms with Gasteiger partial charge in [-0.1, -0.05) is 12.8 Å².